The number of hydrogen-bond acceptors (Lipinski definition) is 2. The van der Waals surface area contributed by atoms with E-state index in [1.165, 1.54) is 0 Å². The van der Waals surface area contributed by atoms with E-state index in [9.17, 15) is 18.0 Å². The van der Waals surface area contributed by atoms with Crippen LogP contribution in [0.4, 0.5) is 18.9 Å². The van der Waals surface area contributed by atoms with Gasteiger partial charge >= 0.3 is 6.18 Å². The fraction of sp³-hybridized carbons (Fsp3) is 0.300. The van der Waals surface area contributed by atoms with Crippen LogP contribution in [-0.4, -0.2) is 25.2 Å². The minimum atomic E-state index is -4.31. The van der Waals surface area contributed by atoms with Crippen LogP contribution >= 0.6 is 38.5 Å². The van der Waals surface area contributed by atoms with Gasteiger partial charge in [0.2, 0.25) is 5.91 Å². The molecule has 0 unspecified atom stereocenters. The molecule has 0 saturated carbocycles. The lowest BCUT2D eigenvalue weighted by atomic mass is 10.3. The van der Waals surface area contributed by atoms with Crippen molar-refractivity contribution in [2.24, 2.45) is 0 Å². The van der Waals surface area contributed by atoms with Crippen molar-refractivity contribution in [2.75, 3.05) is 18.4 Å². The summed E-state index contributed by atoms with van der Waals surface area (Å²) in [6, 6.07) is 5.13. The van der Waals surface area contributed by atoms with Crippen LogP contribution in [0.25, 0.3) is 0 Å². The van der Waals surface area contributed by atoms with E-state index in [1.54, 1.807) is 18.2 Å². The van der Waals surface area contributed by atoms with Crippen molar-refractivity contribution in [1.82, 2.24) is 5.32 Å². The molecule has 1 amide bonds. The van der Waals surface area contributed by atoms with Crippen LogP contribution in [0.3, 0.4) is 0 Å². The normalized spacial score (nSPS) is 11.4. The molecule has 100 valence electrons. The molecule has 1 rings (SSSR count). The van der Waals surface area contributed by atoms with E-state index in [4.69, 9.17) is 0 Å². The van der Waals surface area contributed by atoms with Crippen LogP contribution in [0.15, 0.2) is 22.7 Å². The number of alkyl halides is 3. The van der Waals surface area contributed by atoms with Crippen molar-refractivity contribution in [3.8, 4) is 0 Å². The van der Waals surface area contributed by atoms with Gasteiger partial charge in [0.25, 0.3) is 0 Å². The summed E-state index contributed by atoms with van der Waals surface area (Å²) in [5.41, 5.74) is 0.543. The van der Waals surface area contributed by atoms with Gasteiger partial charge in [0.05, 0.1) is 13.1 Å². The van der Waals surface area contributed by atoms with E-state index in [0.29, 0.717) is 5.69 Å². The van der Waals surface area contributed by atoms with E-state index in [-0.39, 0.29) is 6.54 Å². The third-order valence-electron chi connectivity index (χ3n) is 1.81. The molecule has 0 radical (unpaired) electrons. The molecule has 0 saturated heterocycles. The number of amides is 1. The Morgan fingerprint density at radius 2 is 2.06 bits per heavy atom. The molecule has 0 aliphatic carbocycles. The summed E-state index contributed by atoms with van der Waals surface area (Å²) < 4.78 is 37.3. The first kappa shape index (κ1) is 15.7. The molecule has 18 heavy (non-hydrogen) atoms. The zero-order valence-electron chi connectivity index (χ0n) is 8.94. The van der Waals surface area contributed by atoms with E-state index in [0.717, 1.165) is 8.04 Å². The molecule has 8 heteroatoms. The first-order valence-electron chi connectivity index (χ1n) is 4.80. The second-order valence-electron chi connectivity index (χ2n) is 3.40. The molecule has 1 aromatic carbocycles. The van der Waals surface area contributed by atoms with Gasteiger partial charge < -0.3 is 10.6 Å². The predicted octanol–water partition coefficient (Wildman–Crippen LogP) is 3.14. The number of hydrogen-bond donors (Lipinski definition) is 2. The molecule has 0 heterocycles. The van der Waals surface area contributed by atoms with Crippen molar-refractivity contribution in [3.05, 3.63) is 26.2 Å². The van der Waals surface area contributed by atoms with Crippen LogP contribution in [0.2, 0.25) is 0 Å². The number of anilines is 1. The smallest absolute Gasteiger partial charge is 0.325 e. The van der Waals surface area contributed by atoms with Gasteiger partial charge in [-0.15, -0.1) is 0 Å². The lowest BCUT2D eigenvalue weighted by molar-refractivity contribution is -0.126. The Morgan fingerprint density at radius 1 is 1.39 bits per heavy atom. The van der Waals surface area contributed by atoms with Crippen LogP contribution in [-0.2, 0) is 4.79 Å². The fourth-order valence-corrected chi connectivity index (χ4v) is 1.86. The number of halogens is 5. The highest BCUT2D eigenvalue weighted by atomic mass is 127. The van der Waals surface area contributed by atoms with Gasteiger partial charge in [-0.3, -0.25) is 4.79 Å². The number of carbonyl (C=O) groups is 1. The van der Waals surface area contributed by atoms with Gasteiger partial charge in [-0.1, -0.05) is 0 Å². The molecule has 1 aromatic rings. The molecule has 2 N–H and O–H groups in total. The van der Waals surface area contributed by atoms with E-state index >= 15 is 0 Å². The van der Waals surface area contributed by atoms with E-state index < -0.39 is 18.6 Å². The maximum Gasteiger partial charge on any atom is 0.401 e. The van der Waals surface area contributed by atoms with Crippen molar-refractivity contribution < 1.29 is 18.0 Å². The average Bonchev–Trinajstić information content (AvgIpc) is 2.21. The van der Waals surface area contributed by atoms with E-state index in [1.807, 2.05) is 5.32 Å². The number of rotatable bonds is 4. The highest BCUT2D eigenvalue weighted by Crippen LogP contribution is 2.22. The molecular weight excluding hydrogens is 428 g/mol. The Bertz CT molecular complexity index is 440. The average molecular weight is 437 g/mol. The Balaban J connectivity index is 2.42. The Morgan fingerprint density at radius 3 is 2.61 bits per heavy atom. The van der Waals surface area contributed by atoms with Gasteiger partial charge in [0, 0.05) is 13.7 Å². The molecule has 3 nitrogen and oxygen atoms in total. The Labute approximate surface area is 124 Å². The third-order valence-corrected chi connectivity index (χ3v) is 4.14. The molecule has 0 aliphatic rings. The van der Waals surface area contributed by atoms with Crippen molar-refractivity contribution >= 4 is 50.1 Å². The first-order chi connectivity index (χ1) is 8.28. The van der Waals surface area contributed by atoms with Crippen LogP contribution < -0.4 is 10.6 Å². The van der Waals surface area contributed by atoms with Gasteiger partial charge in [-0.25, -0.2) is 0 Å². The molecular formula is C10H9BrF3IN2O. The largest absolute Gasteiger partial charge is 0.401 e. The lowest BCUT2D eigenvalue weighted by Crippen LogP contribution is -2.35. The number of nitrogens with one attached hydrogen (secondary N) is 2. The number of benzene rings is 1. The maximum atomic E-state index is 11.8. The van der Waals surface area contributed by atoms with E-state index in [2.05, 4.69) is 43.8 Å². The summed E-state index contributed by atoms with van der Waals surface area (Å²) >= 11 is 5.38. The standard InChI is InChI=1S/C10H9BrF3IN2O/c11-7-2-1-6(3-8(7)15)17-9(18)4-16-5-10(12,13)14/h1-3,16H,4-5H2,(H,17,18). The zero-order chi connectivity index (χ0) is 13.8. The topological polar surface area (TPSA) is 41.1 Å². The monoisotopic (exact) mass is 436 g/mol. The summed E-state index contributed by atoms with van der Waals surface area (Å²) in [6.07, 6.45) is -4.31. The first-order valence-corrected chi connectivity index (χ1v) is 6.67. The van der Waals surface area contributed by atoms with Crippen LogP contribution in [0.1, 0.15) is 0 Å². The second-order valence-corrected chi connectivity index (χ2v) is 5.41. The Hall–Kier alpha value is -0.350. The summed E-state index contributed by atoms with van der Waals surface area (Å²) in [4.78, 5) is 11.3. The molecule has 0 atom stereocenters. The molecule has 0 aliphatic heterocycles. The maximum absolute atomic E-state index is 11.8. The summed E-state index contributed by atoms with van der Waals surface area (Å²) in [7, 11) is 0. The molecule has 0 bridgehead atoms. The fourth-order valence-electron chi connectivity index (χ4n) is 1.10. The zero-order valence-corrected chi connectivity index (χ0v) is 12.7. The quantitative estimate of drug-likeness (QED) is 0.712. The minimum absolute atomic E-state index is 0.383. The minimum Gasteiger partial charge on any atom is -0.325 e. The molecule has 0 fully saturated rings. The Kier molecular flexibility index (Phi) is 5.86. The SMILES string of the molecule is O=C(CNCC(F)(F)F)Nc1ccc(Br)c(I)c1. The van der Waals surface area contributed by atoms with Gasteiger partial charge in [-0.2, -0.15) is 13.2 Å². The van der Waals surface area contributed by atoms with Gasteiger partial charge in [-0.05, 0) is 56.7 Å². The van der Waals surface area contributed by atoms with Gasteiger partial charge in [0.15, 0.2) is 0 Å². The highest BCUT2D eigenvalue weighted by Gasteiger charge is 2.26. The van der Waals surface area contributed by atoms with Crippen LogP contribution in [0.5, 0.6) is 0 Å². The number of carbonyl (C=O) groups excluding carboxylic acids is 1. The van der Waals surface area contributed by atoms with Crippen molar-refractivity contribution in [2.45, 2.75) is 6.18 Å². The second kappa shape index (κ2) is 6.71. The third kappa shape index (κ3) is 6.01. The van der Waals surface area contributed by atoms with Crippen LogP contribution in [0, 0.1) is 3.57 Å². The molecule has 0 aromatic heterocycles. The highest BCUT2D eigenvalue weighted by molar-refractivity contribution is 14.1. The summed E-state index contributed by atoms with van der Waals surface area (Å²) in [6.45, 7) is -1.57. The lowest BCUT2D eigenvalue weighted by Gasteiger charge is -2.09. The predicted molar refractivity (Wildman–Crippen MR) is 74.4 cm³/mol. The molecule has 0 spiro atoms. The summed E-state index contributed by atoms with van der Waals surface area (Å²) in [5, 5.41) is 4.52. The van der Waals surface area contributed by atoms with Crippen molar-refractivity contribution in [1.29, 1.82) is 0 Å². The summed E-state index contributed by atoms with van der Waals surface area (Å²) in [5.74, 6) is -0.516. The van der Waals surface area contributed by atoms with Crippen molar-refractivity contribution in [3.63, 3.8) is 0 Å². The van der Waals surface area contributed by atoms with Gasteiger partial charge in [0.1, 0.15) is 0 Å².